The number of nitriles is 1. The smallest absolute Gasteiger partial charge is 0.179 e. The minimum Gasteiger partial charge on any atom is -0.317 e. The minimum atomic E-state index is 0.657. The second-order valence-corrected chi connectivity index (χ2v) is 15.5. The van der Waals surface area contributed by atoms with E-state index in [9.17, 15) is 5.26 Å². The predicted octanol–water partition coefficient (Wildman–Crippen LogP) is 14.4. The number of nitrogens with zero attached hydrogens (tertiary/aromatic N) is 6. The van der Waals surface area contributed by atoms with Crippen LogP contribution in [0, 0.1) is 17.9 Å². The highest BCUT2D eigenvalue weighted by Crippen LogP contribution is 2.47. The van der Waals surface area contributed by atoms with Gasteiger partial charge in [0.15, 0.2) is 6.20 Å². The molecule has 0 unspecified atom stereocenters. The van der Waals surface area contributed by atoms with Crippen LogP contribution in [0.15, 0.2) is 206 Å². The molecular formula is C56H34N6. The third kappa shape index (κ3) is 4.96. The summed E-state index contributed by atoms with van der Waals surface area (Å²) in [4.78, 5) is 4.17. The Morgan fingerprint density at radius 2 is 0.581 bits per heavy atom. The van der Waals surface area contributed by atoms with E-state index < -0.39 is 0 Å². The van der Waals surface area contributed by atoms with Crippen molar-refractivity contribution >= 4 is 110 Å². The van der Waals surface area contributed by atoms with Crippen LogP contribution in [0.2, 0.25) is 0 Å². The third-order valence-corrected chi connectivity index (χ3v) is 12.3. The van der Waals surface area contributed by atoms with E-state index in [1.165, 1.54) is 0 Å². The maximum absolute atomic E-state index is 11.2. The summed E-state index contributed by atoms with van der Waals surface area (Å²) in [5.74, 6) is 0. The van der Waals surface area contributed by atoms with Crippen LogP contribution in [0.1, 0.15) is 0 Å². The monoisotopic (exact) mass is 790 g/mol. The fraction of sp³-hybridized carbons (Fsp3) is 0. The molecular weight excluding hydrogens is 757 g/mol. The molecule has 6 heteroatoms. The van der Waals surface area contributed by atoms with Gasteiger partial charge >= 0.3 is 0 Å². The van der Waals surface area contributed by atoms with Gasteiger partial charge in [0.2, 0.25) is 0 Å². The van der Waals surface area contributed by atoms with Gasteiger partial charge in [0.05, 0.1) is 79.6 Å². The first-order chi connectivity index (χ1) is 30.8. The SMILES string of the molecule is [C-]#[N+]/C=C(/C(=C(\C(=C\C#N)n1c2ccccc2c2ccccc21)n1c2ccccc2c2ccccc21)n1c2ccccc2c2ccccc21)n1c2ccccc2c2ccccc21. The van der Waals surface area contributed by atoms with Gasteiger partial charge in [-0.1, -0.05) is 146 Å². The normalized spacial score (nSPS) is 12.9. The van der Waals surface area contributed by atoms with Crippen LogP contribution in [0.3, 0.4) is 0 Å². The molecule has 0 fully saturated rings. The average Bonchev–Trinajstić information content (AvgIpc) is 4.05. The Morgan fingerprint density at radius 1 is 0.355 bits per heavy atom. The number of hydrogen-bond acceptors (Lipinski definition) is 1. The van der Waals surface area contributed by atoms with Crippen molar-refractivity contribution in [3.05, 3.63) is 218 Å². The van der Waals surface area contributed by atoms with Crippen molar-refractivity contribution in [3.63, 3.8) is 0 Å². The topological polar surface area (TPSA) is 47.9 Å². The average molecular weight is 791 g/mol. The molecule has 0 radical (unpaired) electrons. The van der Waals surface area contributed by atoms with Crippen LogP contribution < -0.4 is 0 Å². The van der Waals surface area contributed by atoms with Crippen molar-refractivity contribution in [2.75, 3.05) is 0 Å². The van der Waals surface area contributed by atoms with E-state index in [1.807, 2.05) is 0 Å². The highest BCUT2D eigenvalue weighted by atomic mass is 15.2. The minimum absolute atomic E-state index is 0.657. The first-order valence-electron chi connectivity index (χ1n) is 20.6. The molecule has 0 saturated heterocycles. The Bertz CT molecular complexity index is 3540. The van der Waals surface area contributed by atoms with Crippen LogP contribution in [-0.2, 0) is 0 Å². The molecule has 12 rings (SSSR count). The molecule has 0 aliphatic rings. The van der Waals surface area contributed by atoms with Gasteiger partial charge in [-0.15, -0.1) is 0 Å². The van der Waals surface area contributed by atoms with Crippen molar-refractivity contribution < 1.29 is 0 Å². The molecule has 0 saturated carbocycles. The Hall–Kier alpha value is -8.84. The summed E-state index contributed by atoms with van der Waals surface area (Å²) in [5, 5.41) is 19.8. The zero-order chi connectivity index (χ0) is 41.3. The fourth-order valence-corrected chi connectivity index (χ4v) is 9.96. The summed E-state index contributed by atoms with van der Waals surface area (Å²) >= 11 is 0. The molecule has 0 aliphatic carbocycles. The second-order valence-electron chi connectivity index (χ2n) is 15.5. The molecule has 288 valence electrons. The highest BCUT2D eigenvalue weighted by molar-refractivity contribution is 6.26. The molecule has 6 nitrogen and oxygen atoms in total. The van der Waals surface area contributed by atoms with E-state index in [0.29, 0.717) is 11.4 Å². The number of rotatable bonds is 6. The van der Waals surface area contributed by atoms with Gasteiger partial charge in [0.25, 0.3) is 0 Å². The molecule has 0 N–H and O–H groups in total. The molecule has 0 bridgehead atoms. The van der Waals surface area contributed by atoms with E-state index in [0.717, 1.165) is 98.6 Å². The van der Waals surface area contributed by atoms with E-state index >= 15 is 0 Å². The summed E-state index contributed by atoms with van der Waals surface area (Å²) in [6.07, 6.45) is 3.36. The number of benzene rings is 8. The number of fused-ring (bicyclic) bond motifs is 12. The van der Waals surface area contributed by atoms with Crippen molar-refractivity contribution in [2.45, 2.75) is 0 Å². The lowest BCUT2D eigenvalue weighted by atomic mass is 10.1. The van der Waals surface area contributed by atoms with Crippen LogP contribution in [0.4, 0.5) is 0 Å². The van der Waals surface area contributed by atoms with Crippen LogP contribution in [-0.4, -0.2) is 18.3 Å². The molecule has 0 aliphatic heterocycles. The number of para-hydroxylation sites is 8. The van der Waals surface area contributed by atoms with Crippen LogP contribution in [0.25, 0.3) is 115 Å². The van der Waals surface area contributed by atoms with Crippen molar-refractivity contribution in [2.24, 2.45) is 0 Å². The lowest BCUT2D eigenvalue weighted by molar-refractivity contribution is 1.11. The van der Waals surface area contributed by atoms with Gasteiger partial charge < -0.3 is 18.3 Å². The first kappa shape index (κ1) is 35.1. The predicted molar refractivity (Wildman–Crippen MR) is 258 cm³/mol. The summed E-state index contributed by atoms with van der Waals surface area (Å²) in [6.45, 7) is 8.74. The number of hydrogen-bond donors (Lipinski definition) is 0. The quantitative estimate of drug-likeness (QED) is 0.0940. The van der Waals surface area contributed by atoms with Crippen molar-refractivity contribution in [1.82, 2.24) is 18.3 Å². The summed E-state index contributed by atoms with van der Waals surface area (Å²) in [6, 6.07) is 70.1. The number of aromatic nitrogens is 4. The van der Waals surface area contributed by atoms with Crippen LogP contribution in [0.5, 0.6) is 0 Å². The van der Waals surface area contributed by atoms with Crippen molar-refractivity contribution in [3.8, 4) is 6.07 Å². The maximum Gasteiger partial charge on any atom is 0.179 e. The van der Waals surface area contributed by atoms with Crippen LogP contribution >= 0.6 is 0 Å². The molecule has 62 heavy (non-hydrogen) atoms. The Kier molecular flexibility index (Phi) is 7.87. The standard InChI is InChI=1S/C56H34N6/c1-58-36-54(60-47-28-12-4-20-39(47)40-21-5-13-29-48(40)60)56(62-51-32-16-8-24-43(51)44-25-9-17-33-52(44)62)55(61-49-30-14-6-22-41(49)42-23-7-15-31-50(42)61)53(34-35-57)59-45-26-10-2-18-37(45)38-19-3-11-27-46(38)59/h2-34,36H/b53-34-,54-36-,56-55-. The van der Waals surface area contributed by atoms with Gasteiger partial charge in [-0.05, 0) is 48.5 Å². The van der Waals surface area contributed by atoms with E-state index in [1.54, 1.807) is 12.3 Å². The molecule has 0 atom stereocenters. The summed E-state index contributed by atoms with van der Waals surface area (Å²) < 4.78 is 9.12. The van der Waals surface area contributed by atoms with E-state index in [4.69, 9.17) is 6.57 Å². The summed E-state index contributed by atoms with van der Waals surface area (Å²) in [7, 11) is 0. The van der Waals surface area contributed by atoms with Crippen molar-refractivity contribution in [1.29, 1.82) is 5.26 Å². The molecule has 8 aromatic carbocycles. The Labute approximate surface area is 356 Å². The molecule has 4 heterocycles. The lowest BCUT2D eigenvalue weighted by Crippen LogP contribution is -2.15. The summed E-state index contributed by atoms with van der Waals surface area (Å²) in [5.41, 5.74) is 10.5. The Balaban J connectivity index is 1.41. The zero-order valence-electron chi connectivity index (χ0n) is 33.3. The molecule has 0 spiro atoms. The molecule has 12 aromatic rings. The van der Waals surface area contributed by atoms with Gasteiger partial charge in [0, 0.05) is 49.2 Å². The maximum atomic E-state index is 11.2. The lowest BCUT2D eigenvalue weighted by Gasteiger charge is -2.27. The largest absolute Gasteiger partial charge is 0.317 e. The van der Waals surface area contributed by atoms with E-state index in [2.05, 4.69) is 223 Å². The second kappa shape index (κ2) is 13.9. The number of allylic oxidation sites excluding steroid dienone is 5. The highest BCUT2D eigenvalue weighted by Gasteiger charge is 2.30. The zero-order valence-corrected chi connectivity index (χ0v) is 33.3. The van der Waals surface area contributed by atoms with Gasteiger partial charge in [-0.25, -0.2) is 4.85 Å². The molecule has 0 amide bonds. The third-order valence-electron chi connectivity index (χ3n) is 12.3. The Morgan fingerprint density at radius 3 is 0.839 bits per heavy atom. The van der Waals surface area contributed by atoms with Gasteiger partial charge in [-0.2, -0.15) is 5.26 Å². The van der Waals surface area contributed by atoms with Gasteiger partial charge in [0.1, 0.15) is 0 Å². The van der Waals surface area contributed by atoms with Gasteiger partial charge in [-0.3, -0.25) is 0 Å². The molecule has 4 aromatic heterocycles. The van der Waals surface area contributed by atoms with E-state index in [-0.39, 0.29) is 0 Å². The fourth-order valence-electron chi connectivity index (χ4n) is 9.96. The first-order valence-corrected chi connectivity index (χ1v) is 20.6.